The van der Waals surface area contributed by atoms with Gasteiger partial charge < -0.3 is 15.4 Å². The van der Waals surface area contributed by atoms with Gasteiger partial charge in [0, 0.05) is 45.8 Å². The topological polar surface area (TPSA) is 52.1 Å². The van der Waals surface area contributed by atoms with Crippen molar-refractivity contribution in [3.63, 3.8) is 0 Å². The average molecular weight is 402 g/mol. The SMILES string of the molecule is CCNC(=NCC1CCN(Cc2ccc(C)cc2)CC1)NCCN1CCOCC1. The smallest absolute Gasteiger partial charge is 0.191 e. The summed E-state index contributed by atoms with van der Waals surface area (Å²) in [7, 11) is 0. The molecule has 2 saturated heterocycles. The summed E-state index contributed by atoms with van der Waals surface area (Å²) in [6, 6.07) is 8.95. The Bertz CT molecular complexity index is 604. The van der Waals surface area contributed by atoms with E-state index in [-0.39, 0.29) is 0 Å². The number of piperidine rings is 1. The molecular weight excluding hydrogens is 362 g/mol. The van der Waals surface area contributed by atoms with Crippen LogP contribution in [-0.4, -0.2) is 81.3 Å². The molecule has 6 nitrogen and oxygen atoms in total. The van der Waals surface area contributed by atoms with Crippen molar-refractivity contribution in [2.24, 2.45) is 10.9 Å². The maximum Gasteiger partial charge on any atom is 0.191 e. The Morgan fingerprint density at radius 1 is 1.03 bits per heavy atom. The highest BCUT2D eigenvalue weighted by Crippen LogP contribution is 2.19. The molecule has 0 radical (unpaired) electrons. The minimum absolute atomic E-state index is 0.693. The summed E-state index contributed by atoms with van der Waals surface area (Å²) in [4.78, 5) is 9.90. The zero-order valence-corrected chi connectivity index (χ0v) is 18.3. The van der Waals surface area contributed by atoms with E-state index in [1.807, 2.05) is 0 Å². The van der Waals surface area contributed by atoms with Crippen LogP contribution in [0.2, 0.25) is 0 Å². The highest BCUT2D eigenvalue weighted by atomic mass is 16.5. The van der Waals surface area contributed by atoms with Gasteiger partial charge in [0.2, 0.25) is 0 Å². The zero-order chi connectivity index (χ0) is 20.3. The Hall–Kier alpha value is -1.63. The van der Waals surface area contributed by atoms with Crippen LogP contribution in [0.1, 0.15) is 30.9 Å². The second-order valence-electron chi connectivity index (χ2n) is 8.31. The Morgan fingerprint density at radius 2 is 1.76 bits per heavy atom. The van der Waals surface area contributed by atoms with Crippen molar-refractivity contribution in [3.8, 4) is 0 Å². The van der Waals surface area contributed by atoms with Gasteiger partial charge in [0.05, 0.1) is 13.2 Å². The van der Waals surface area contributed by atoms with Crippen LogP contribution < -0.4 is 10.6 Å². The minimum atomic E-state index is 0.693. The third-order valence-electron chi connectivity index (χ3n) is 5.91. The molecule has 0 atom stereocenters. The third-order valence-corrected chi connectivity index (χ3v) is 5.91. The third kappa shape index (κ3) is 7.96. The summed E-state index contributed by atoms with van der Waals surface area (Å²) in [5.41, 5.74) is 2.76. The summed E-state index contributed by atoms with van der Waals surface area (Å²) in [5, 5.41) is 6.89. The molecule has 2 aliphatic rings. The first-order chi connectivity index (χ1) is 14.2. The van der Waals surface area contributed by atoms with Gasteiger partial charge in [0.25, 0.3) is 0 Å². The Morgan fingerprint density at radius 3 is 2.45 bits per heavy atom. The van der Waals surface area contributed by atoms with Crippen molar-refractivity contribution >= 4 is 5.96 Å². The fourth-order valence-electron chi connectivity index (χ4n) is 4.00. The van der Waals surface area contributed by atoms with Crippen molar-refractivity contribution < 1.29 is 4.74 Å². The monoisotopic (exact) mass is 401 g/mol. The molecule has 0 bridgehead atoms. The van der Waals surface area contributed by atoms with Gasteiger partial charge in [-0.15, -0.1) is 0 Å². The standard InChI is InChI=1S/C23H39N5O/c1-3-24-23(25-10-13-27-14-16-29-17-15-27)26-18-21-8-11-28(12-9-21)19-22-6-4-20(2)5-7-22/h4-7,21H,3,8-19H2,1-2H3,(H2,24,25,26). The van der Waals surface area contributed by atoms with Crippen molar-refractivity contribution in [2.45, 2.75) is 33.2 Å². The molecule has 0 saturated carbocycles. The Labute approximate surface area is 176 Å². The molecule has 1 aromatic carbocycles. The number of ether oxygens (including phenoxy) is 1. The minimum Gasteiger partial charge on any atom is -0.379 e. The molecular formula is C23H39N5O. The van der Waals surface area contributed by atoms with Crippen LogP contribution in [0.3, 0.4) is 0 Å². The van der Waals surface area contributed by atoms with Crippen molar-refractivity contribution in [3.05, 3.63) is 35.4 Å². The lowest BCUT2D eigenvalue weighted by molar-refractivity contribution is 0.0389. The number of nitrogens with one attached hydrogen (secondary N) is 2. The van der Waals surface area contributed by atoms with Gasteiger partial charge in [-0.2, -0.15) is 0 Å². The Balaban J connectivity index is 1.36. The lowest BCUT2D eigenvalue weighted by atomic mass is 9.96. The normalized spacial score (nSPS) is 20.0. The summed E-state index contributed by atoms with van der Waals surface area (Å²) in [5.74, 6) is 1.65. The van der Waals surface area contributed by atoms with Crippen LogP contribution in [0.5, 0.6) is 0 Å². The van der Waals surface area contributed by atoms with Gasteiger partial charge in [-0.25, -0.2) is 0 Å². The van der Waals surface area contributed by atoms with E-state index in [9.17, 15) is 0 Å². The van der Waals surface area contributed by atoms with E-state index >= 15 is 0 Å². The van der Waals surface area contributed by atoms with Crippen LogP contribution in [0.4, 0.5) is 0 Å². The van der Waals surface area contributed by atoms with E-state index in [0.717, 1.165) is 65.0 Å². The lowest BCUT2D eigenvalue weighted by Gasteiger charge is -2.31. The first-order valence-corrected chi connectivity index (χ1v) is 11.3. The molecule has 162 valence electrons. The number of nitrogens with zero attached hydrogens (tertiary/aromatic N) is 3. The van der Waals surface area contributed by atoms with Gasteiger partial charge >= 0.3 is 0 Å². The number of hydrogen-bond acceptors (Lipinski definition) is 4. The molecule has 2 N–H and O–H groups in total. The number of rotatable bonds is 8. The molecule has 29 heavy (non-hydrogen) atoms. The van der Waals surface area contributed by atoms with E-state index in [1.54, 1.807) is 0 Å². The maximum atomic E-state index is 5.42. The second kappa shape index (κ2) is 12.2. The highest BCUT2D eigenvalue weighted by molar-refractivity contribution is 5.79. The van der Waals surface area contributed by atoms with E-state index in [1.165, 1.54) is 37.1 Å². The number of likely N-dealkylation sites (tertiary alicyclic amines) is 1. The molecule has 0 aromatic heterocycles. The first-order valence-electron chi connectivity index (χ1n) is 11.3. The maximum absolute atomic E-state index is 5.42. The zero-order valence-electron chi connectivity index (χ0n) is 18.3. The van der Waals surface area contributed by atoms with Gasteiger partial charge in [0.1, 0.15) is 0 Å². The number of morpholine rings is 1. The quantitative estimate of drug-likeness (QED) is 0.516. The fourth-order valence-corrected chi connectivity index (χ4v) is 4.00. The lowest BCUT2D eigenvalue weighted by Crippen LogP contribution is -2.44. The van der Waals surface area contributed by atoms with Crippen LogP contribution in [0, 0.1) is 12.8 Å². The first kappa shape index (κ1) is 22.1. The van der Waals surface area contributed by atoms with Gasteiger partial charge in [-0.3, -0.25) is 14.8 Å². The summed E-state index contributed by atoms with van der Waals surface area (Å²) >= 11 is 0. The summed E-state index contributed by atoms with van der Waals surface area (Å²) in [6.45, 7) is 15.3. The number of hydrogen-bond donors (Lipinski definition) is 2. The van der Waals surface area contributed by atoms with E-state index in [0.29, 0.717) is 5.92 Å². The van der Waals surface area contributed by atoms with Gasteiger partial charge in [-0.05, 0) is 51.3 Å². The van der Waals surface area contributed by atoms with Crippen LogP contribution in [0.15, 0.2) is 29.3 Å². The van der Waals surface area contributed by atoms with Gasteiger partial charge in [0.15, 0.2) is 5.96 Å². The molecule has 0 aliphatic carbocycles. The van der Waals surface area contributed by atoms with Gasteiger partial charge in [-0.1, -0.05) is 29.8 Å². The van der Waals surface area contributed by atoms with Crippen LogP contribution in [0.25, 0.3) is 0 Å². The highest BCUT2D eigenvalue weighted by Gasteiger charge is 2.19. The number of aliphatic imine (C=N–C) groups is 1. The number of guanidine groups is 1. The molecule has 2 fully saturated rings. The molecule has 2 heterocycles. The van der Waals surface area contributed by atoms with Crippen molar-refractivity contribution in [2.75, 3.05) is 65.6 Å². The molecule has 0 spiro atoms. The Kier molecular flexibility index (Phi) is 9.25. The van der Waals surface area contributed by atoms with Crippen LogP contribution in [-0.2, 0) is 11.3 Å². The van der Waals surface area contributed by atoms with E-state index < -0.39 is 0 Å². The molecule has 3 rings (SSSR count). The van der Waals surface area contributed by atoms with Crippen molar-refractivity contribution in [1.29, 1.82) is 0 Å². The number of benzene rings is 1. The molecule has 0 unspecified atom stereocenters. The predicted octanol–water partition coefficient (Wildman–Crippen LogP) is 2.09. The summed E-state index contributed by atoms with van der Waals surface area (Å²) < 4.78 is 5.42. The molecule has 0 amide bonds. The molecule has 1 aromatic rings. The van der Waals surface area contributed by atoms with Crippen molar-refractivity contribution in [1.82, 2.24) is 20.4 Å². The fraction of sp³-hybridized carbons (Fsp3) is 0.696. The van der Waals surface area contributed by atoms with E-state index in [2.05, 4.69) is 58.5 Å². The largest absolute Gasteiger partial charge is 0.379 e. The van der Waals surface area contributed by atoms with Crippen LogP contribution >= 0.6 is 0 Å². The molecule has 2 aliphatic heterocycles. The second-order valence-corrected chi connectivity index (χ2v) is 8.31. The molecule has 6 heteroatoms. The summed E-state index contributed by atoms with van der Waals surface area (Å²) in [6.07, 6.45) is 2.48. The van der Waals surface area contributed by atoms with E-state index in [4.69, 9.17) is 9.73 Å². The number of aryl methyl sites for hydroxylation is 1. The average Bonchev–Trinajstić information content (AvgIpc) is 2.75. The predicted molar refractivity (Wildman–Crippen MR) is 120 cm³/mol.